The second-order valence-corrected chi connectivity index (χ2v) is 10.3. The molecule has 1 saturated heterocycles. The van der Waals surface area contributed by atoms with Crippen LogP contribution in [0.15, 0.2) is 30.5 Å². The van der Waals surface area contributed by atoms with Crippen LogP contribution in [0.2, 0.25) is 0 Å². The lowest BCUT2D eigenvalue weighted by molar-refractivity contribution is -0.120. The Morgan fingerprint density at radius 2 is 1.93 bits per heavy atom. The summed E-state index contributed by atoms with van der Waals surface area (Å²) < 4.78 is 24.7. The molecule has 0 unspecified atom stereocenters. The van der Waals surface area contributed by atoms with Crippen LogP contribution in [-0.4, -0.2) is 53.2 Å². The largest absolute Gasteiger partial charge is 0.310 e. The van der Waals surface area contributed by atoms with Crippen LogP contribution < -0.4 is 5.32 Å². The molecule has 3 heterocycles. The fourth-order valence-corrected chi connectivity index (χ4v) is 5.00. The Labute approximate surface area is 173 Å². The van der Waals surface area contributed by atoms with Gasteiger partial charge >= 0.3 is 0 Å². The van der Waals surface area contributed by atoms with Crippen LogP contribution in [0.3, 0.4) is 0 Å². The van der Waals surface area contributed by atoms with Crippen LogP contribution in [0.4, 0.5) is 5.82 Å². The third kappa shape index (κ3) is 4.44. The highest BCUT2D eigenvalue weighted by atomic mass is 32.2. The summed E-state index contributed by atoms with van der Waals surface area (Å²) in [7, 11) is -3.20. The molecule has 0 atom stereocenters. The molecule has 0 saturated carbocycles. The van der Waals surface area contributed by atoms with E-state index in [1.165, 1.54) is 21.9 Å². The molecule has 1 amide bonds. The SMILES string of the molecule is Cc1nnc(-c2ccc3cnc(NC(=O)C4CCN(S(C)(=O)=O)CC4)cc3c2)s1. The van der Waals surface area contributed by atoms with E-state index in [1.807, 2.05) is 31.2 Å². The van der Waals surface area contributed by atoms with Crippen molar-refractivity contribution in [2.45, 2.75) is 19.8 Å². The number of rotatable bonds is 4. The molecule has 29 heavy (non-hydrogen) atoms. The third-order valence-corrected chi connectivity index (χ3v) is 7.23. The molecule has 2 aromatic heterocycles. The molecule has 4 rings (SSSR count). The lowest BCUT2D eigenvalue weighted by Gasteiger charge is -2.29. The normalized spacial score (nSPS) is 16.2. The quantitative estimate of drug-likeness (QED) is 0.681. The molecule has 0 radical (unpaired) electrons. The highest BCUT2D eigenvalue weighted by molar-refractivity contribution is 7.88. The number of benzene rings is 1. The summed E-state index contributed by atoms with van der Waals surface area (Å²) in [5.41, 5.74) is 0.972. The molecule has 152 valence electrons. The van der Waals surface area contributed by atoms with Gasteiger partial charge in [-0.2, -0.15) is 0 Å². The number of sulfonamides is 1. The Morgan fingerprint density at radius 3 is 2.59 bits per heavy atom. The van der Waals surface area contributed by atoms with Gasteiger partial charge in [0.2, 0.25) is 15.9 Å². The first-order valence-corrected chi connectivity index (χ1v) is 11.9. The molecule has 1 aliphatic rings. The average molecular weight is 432 g/mol. The summed E-state index contributed by atoms with van der Waals surface area (Å²) in [6.07, 6.45) is 3.94. The number of aryl methyl sites for hydroxylation is 1. The van der Waals surface area contributed by atoms with Gasteiger partial charge in [-0.05, 0) is 37.3 Å². The Hall–Kier alpha value is -2.43. The fraction of sp³-hybridized carbons (Fsp3) is 0.368. The summed E-state index contributed by atoms with van der Waals surface area (Å²) in [5, 5.41) is 14.8. The molecule has 0 spiro atoms. The van der Waals surface area contributed by atoms with Crippen molar-refractivity contribution in [2.75, 3.05) is 24.7 Å². The van der Waals surface area contributed by atoms with E-state index in [2.05, 4.69) is 20.5 Å². The minimum absolute atomic E-state index is 0.124. The van der Waals surface area contributed by atoms with E-state index >= 15 is 0 Å². The van der Waals surface area contributed by atoms with Crippen LogP contribution in [0.25, 0.3) is 21.3 Å². The number of carbonyl (C=O) groups is 1. The number of aromatic nitrogens is 3. The molecule has 0 bridgehead atoms. The average Bonchev–Trinajstić information content (AvgIpc) is 3.13. The lowest BCUT2D eigenvalue weighted by atomic mass is 9.97. The van der Waals surface area contributed by atoms with Crippen LogP contribution >= 0.6 is 11.3 Å². The minimum atomic E-state index is -3.20. The highest BCUT2D eigenvalue weighted by Crippen LogP contribution is 2.28. The van der Waals surface area contributed by atoms with E-state index in [0.29, 0.717) is 31.7 Å². The molecule has 10 heteroatoms. The topological polar surface area (TPSA) is 105 Å². The number of anilines is 1. The molecule has 3 aromatic rings. The molecule has 1 N–H and O–H groups in total. The van der Waals surface area contributed by atoms with Crippen molar-refractivity contribution < 1.29 is 13.2 Å². The van der Waals surface area contributed by atoms with Crippen LogP contribution in [0.1, 0.15) is 17.8 Å². The Bertz CT molecular complexity index is 1170. The second kappa shape index (κ2) is 7.77. The summed E-state index contributed by atoms with van der Waals surface area (Å²) in [6.45, 7) is 2.65. The van der Waals surface area contributed by atoms with Crippen molar-refractivity contribution in [1.82, 2.24) is 19.5 Å². The number of hydrogen-bond donors (Lipinski definition) is 1. The zero-order chi connectivity index (χ0) is 20.6. The number of pyridine rings is 1. The van der Waals surface area contributed by atoms with Gasteiger partial charge in [0.25, 0.3) is 0 Å². The molecule has 1 aromatic carbocycles. The van der Waals surface area contributed by atoms with Gasteiger partial charge in [-0.3, -0.25) is 4.79 Å². The van der Waals surface area contributed by atoms with Crippen molar-refractivity contribution in [3.63, 3.8) is 0 Å². The monoisotopic (exact) mass is 431 g/mol. The lowest BCUT2D eigenvalue weighted by Crippen LogP contribution is -2.40. The fourth-order valence-electron chi connectivity index (χ4n) is 3.43. The maximum Gasteiger partial charge on any atom is 0.228 e. The van der Waals surface area contributed by atoms with Gasteiger partial charge in [-0.15, -0.1) is 10.2 Å². The number of piperidine rings is 1. The van der Waals surface area contributed by atoms with Gasteiger partial charge in [0, 0.05) is 36.2 Å². The van der Waals surface area contributed by atoms with E-state index in [-0.39, 0.29) is 11.8 Å². The summed E-state index contributed by atoms with van der Waals surface area (Å²) in [5.74, 6) is 0.140. The Kier molecular flexibility index (Phi) is 5.32. The van der Waals surface area contributed by atoms with Crippen LogP contribution in [0, 0.1) is 12.8 Å². The number of fused-ring (bicyclic) bond motifs is 1. The maximum absolute atomic E-state index is 12.6. The molecule has 8 nitrogen and oxygen atoms in total. The van der Waals surface area contributed by atoms with E-state index < -0.39 is 10.0 Å². The van der Waals surface area contributed by atoms with Gasteiger partial charge in [-0.25, -0.2) is 17.7 Å². The van der Waals surface area contributed by atoms with Gasteiger partial charge in [0.05, 0.1) is 6.26 Å². The number of carbonyl (C=O) groups excluding carboxylic acids is 1. The minimum Gasteiger partial charge on any atom is -0.310 e. The van der Waals surface area contributed by atoms with E-state index in [0.717, 1.165) is 26.4 Å². The first kappa shape index (κ1) is 19.9. The molecule has 1 aliphatic heterocycles. The third-order valence-electron chi connectivity index (χ3n) is 5.04. The van der Waals surface area contributed by atoms with Gasteiger partial charge in [0.1, 0.15) is 15.8 Å². The number of nitrogens with zero attached hydrogens (tertiary/aromatic N) is 4. The predicted octanol–water partition coefficient (Wildman–Crippen LogP) is 2.67. The first-order chi connectivity index (χ1) is 13.8. The number of amides is 1. The second-order valence-electron chi connectivity index (χ2n) is 7.18. The van der Waals surface area contributed by atoms with Crippen molar-refractivity contribution in [3.05, 3.63) is 35.5 Å². The summed E-state index contributed by atoms with van der Waals surface area (Å²) >= 11 is 1.53. The Morgan fingerprint density at radius 1 is 1.17 bits per heavy atom. The number of hydrogen-bond acceptors (Lipinski definition) is 7. The van der Waals surface area contributed by atoms with Crippen molar-refractivity contribution in [1.29, 1.82) is 0 Å². The maximum atomic E-state index is 12.6. The first-order valence-electron chi connectivity index (χ1n) is 9.26. The summed E-state index contributed by atoms with van der Waals surface area (Å²) in [4.78, 5) is 17.0. The van der Waals surface area contributed by atoms with Gasteiger partial charge in [-0.1, -0.05) is 23.5 Å². The van der Waals surface area contributed by atoms with Gasteiger partial charge < -0.3 is 5.32 Å². The smallest absolute Gasteiger partial charge is 0.228 e. The zero-order valence-electron chi connectivity index (χ0n) is 16.1. The molecular formula is C19H21N5O3S2. The van der Waals surface area contributed by atoms with E-state index in [4.69, 9.17) is 0 Å². The van der Waals surface area contributed by atoms with Crippen molar-refractivity contribution in [2.24, 2.45) is 5.92 Å². The van der Waals surface area contributed by atoms with Crippen molar-refractivity contribution in [3.8, 4) is 10.6 Å². The van der Waals surface area contributed by atoms with E-state index in [9.17, 15) is 13.2 Å². The molecule has 0 aliphatic carbocycles. The molecule has 1 fully saturated rings. The Balaban J connectivity index is 1.48. The number of nitrogens with one attached hydrogen (secondary N) is 1. The summed E-state index contributed by atoms with van der Waals surface area (Å²) in [6, 6.07) is 7.81. The molecular weight excluding hydrogens is 410 g/mol. The predicted molar refractivity (Wildman–Crippen MR) is 113 cm³/mol. The zero-order valence-corrected chi connectivity index (χ0v) is 17.8. The van der Waals surface area contributed by atoms with Crippen LogP contribution in [0.5, 0.6) is 0 Å². The van der Waals surface area contributed by atoms with Gasteiger partial charge in [0.15, 0.2) is 0 Å². The van der Waals surface area contributed by atoms with E-state index in [1.54, 1.807) is 6.20 Å². The van der Waals surface area contributed by atoms with Crippen LogP contribution in [-0.2, 0) is 14.8 Å². The van der Waals surface area contributed by atoms with Crippen molar-refractivity contribution >= 4 is 43.9 Å². The standard InChI is InChI=1S/C19H21N5O3S2/c1-12-22-23-19(28-12)14-3-4-15-11-20-17(10-16(15)9-14)21-18(25)13-5-7-24(8-6-13)29(2,26)27/h3-4,9-11,13H,5-8H2,1-2H3,(H,20,21,25). The highest BCUT2D eigenvalue weighted by Gasteiger charge is 2.29.